The number of rotatable bonds is 3. The van der Waals surface area contributed by atoms with E-state index in [1.54, 1.807) is 6.07 Å². The van der Waals surface area contributed by atoms with Crippen molar-refractivity contribution in [2.24, 2.45) is 5.92 Å². The van der Waals surface area contributed by atoms with Gasteiger partial charge in [-0.25, -0.2) is 17.6 Å². The average Bonchev–Trinajstić information content (AvgIpc) is 2.78. The molecule has 0 aliphatic heterocycles. The molecule has 4 rings (SSSR count). The van der Waals surface area contributed by atoms with Crippen LogP contribution in [0.25, 0.3) is 22.3 Å². The molecule has 1 saturated carbocycles. The molecule has 182 valence electrons. The van der Waals surface area contributed by atoms with E-state index in [1.807, 2.05) is 6.07 Å². The summed E-state index contributed by atoms with van der Waals surface area (Å²) in [5.41, 5.74) is -0.105. The summed E-state index contributed by atoms with van der Waals surface area (Å²) in [6.45, 7) is 2.21. The summed E-state index contributed by atoms with van der Waals surface area (Å²) < 4.78 is 95.0. The predicted octanol–water partition coefficient (Wildman–Crippen LogP) is 8.78. The molecule has 7 heteroatoms. The van der Waals surface area contributed by atoms with E-state index >= 15 is 0 Å². The Morgan fingerprint density at radius 1 is 0.686 bits per heavy atom. The second kappa shape index (κ2) is 9.77. The molecule has 0 N–H and O–H groups in total. The van der Waals surface area contributed by atoms with Gasteiger partial charge in [-0.2, -0.15) is 13.2 Å². The maximum atomic E-state index is 14.9. The lowest BCUT2D eigenvalue weighted by Crippen LogP contribution is -2.11. The maximum absolute atomic E-state index is 14.9. The minimum Gasteiger partial charge on any atom is -0.206 e. The first-order valence-corrected chi connectivity index (χ1v) is 11.2. The van der Waals surface area contributed by atoms with Gasteiger partial charge in [-0.3, -0.25) is 0 Å². The van der Waals surface area contributed by atoms with Crippen molar-refractivity contribution >= 4 is 0 Å². The average molecular weight is 490 g/mol. The van der Waals surface area contributed by atoms with Gasteiger partial charge >= 0.3 is 6.18 Å². The molecule has 1 aliphatic carbocycles. The molecule has 0 heterocycles. The van der Waals surface area contributed by atoms with Crippen molar-refractivity contribution in [3.05, 3.63) is 82.9 Å². The third kappa shape index (κ3) is 5.70. The number of hydrogen-bond acceptors (Lipinski definition) is 0. The highest BCUT2D eigenvalue weighted by Crippen LogP contribution is 2.37. The van der Waals surface area contributed by atoms with Gasteiger partial charge < -0.3 is 0 Å². The molecular formula is C28H21F7. The van der Waals surface area contributed by atoms with E-state index in [2.05, 4.69) is 6.92 Å². The van der Waals surface area contributed by atoms with Crippen LogP contribution in [-0.4, -0.2) is 6.18 Å². The largest absolute Gasteiger partial charge is 0.458 e. The van der Waals surface area contributed by atoms with E-state index < -0.39 is 35.0 Å². The number of halogens is 7. The van der Waals surface area contributed by atoms with E-state index in [-0.39, 0.29) is 22.3 Å². The molecule has 0 bridgehead atoms. The Morgan fingerprint density at radius 2 is 1.23 bits per heavy atom. The minimum atomic E-state index is -4.91. The second-order valence-corrected chi connectivity index (χ2v) is 8.95. The molecule has 3 aromatic rings. The summed E-state index contributed by atoms with van der Waals surface area (Å²) in [7, 11) is 0. The summed E-state index contributed by atoms with van der Waals surface area (Å²) in [6, 6.07) is 10.1. The van der Waals surface area contributed by atoms with E-state index in [9.17, 15) is 30.7 Å². The standard InChI is InChI=1S/C28H21F7/c1-16-2-4-17(5-3-16)18-6-8-21(24(29)12-18)19-7-9-22(25(30)13-19)20-14-26(31)23(27(32)15-20)10-11-28(33,34)35/h6-9,12-17H,2-5H2,1H3. The van der Waals surface area contributed by atoms with Crippen LogP contribution in [0.5, 0.6) is 0 Å². The molecule has 0 atom stereocenters. The zero-order valence-corrected chi connectivity index (χ0v) is 18.7. The minimum absolute atomic E-state index is 0.185. The van der Waals surface area contributed by atoms with Crippen LogP contribution in [0.15, 0.2) is 48.5 Å². The molecule has 1 aliphatic rings. The zero-order valence-electron chi connectivity index (χ0n) is 18.7. The first-order valence-electron chi connectivity index (χ1n) is 11.2. The Bertz CT molecular complexity index is 1280. The first kappa shape index (κ1) is 24.8. The van der Waals surface area contributed by atoms with Crippen molar-refractivity contribution < 1.29 is 30.7 Å². The van der Waals surface area contributed by atoms with Crippen molar-refractivity contribution in [2.75, 3.05) is 0 Å². The van der Waals surface area contributed by atoms with Gasteiger partial charge in [0.2, 0.25) is 0 Å². The Hall–Kier alpha value is -3.27. The molecule has 0 spiro atoms. The highest BCUT2D eigenvalue weighted by Gasteiger charge is 2.24. The quantitative estimate of drug-likeness (QED) is 0.254. The lowest BCUT2D eigenvalue weighted by molar-refractivity contribution is -0.0696. The molecule has 0 saturated heterocycles. The molecule has 0 unspecified atom stereocenters. The summed E-state index contributed by atoms with van der Waals surface area (Å²) >= 11 is 0. The Kier molecular flexibility index (Phi) is 6.93. The lowest BCUT2D eigenvalue weighted by atomic mass is 9.79. The lowest BCUT2D eigenvalue weighted by Gasteiger charge is -2.26. The van der Waals surface area contributed by atoms with Crippen molar-refractivity contribution in [3.63, 3.8) is 0 Å². The molecule has 0 amide bonds. The monoisotopic (exact) mass is 490 g/mol. The highest BCUT2D eigenvalue weighted by atomic mass is 19.4. The fraction of sp³-hybridized carbons (Fsp3) is 0.286. The molecule has 0 radical (unpaired) electrons. The third-order valence-electron chi connectivity index (χ3n) is 6.44. The van der Waals surface area contributed by atoms with Crippen LogP contribution in [0.1, 0.15) is 49.7 Å². The number of benzene rings is 3. The van der Waals surface area contributed by atoms with Gasteiger partial charge in [-0.1, -0.05) is 50.0 Å². The zero-order chi connectivity index (χ0) is 25.3. The third-order valence-corrected chi connectivity index (χ3v) is 6.44. The highest BCUT2D eigenvalue weighted by molar-refractivity contribution is 5.72. The smallest absolute Gasteiger partial charge is 0.206 e. The van der Waals surface area contributed by atoms with Crippen LogP contribution in [0.4, 0.5) is 30.7 Å². The van der Waals surface area contributed by atoms with Gasteiger partial charge in [0, 0.05) is 17.0 Å². The second-order valence-electron chi connectivity index (χ2n) is 8.95. The topological polar surface area (TPSA) is 0 Å². The van der Waals surface area contributed by atoms with E-state index in [1.165, 1.54) is 24.1 Å². The molecule has 0 aromatic heterocycles. The van der Waals surface area contributed by atoms with Crippen molar-refractivity contribution in [2.45, 2.75) is 44.7 Å². The van der Waals surface area contributed by atoms with Crippen LogP contribution < -0.4 is 0 Å². The summed E-state index contributed by atoms with van der Waals surface area (Å²) in [5, 5.41) is 0. The molecule has 3 aromatic carbocycles. The van der Waals surface area contributed by atoms with E-state index in [4.69, 9.17) is 0 Å². The summed E-state index contributed by atoms with van der Waals surface area (Å²) in [4.78, 5) is 0. The predicted molar refractivity (Wildman–Crippen MR) is 120 cm³/mol. The fourth-order valence-corrected chi connectivity index (χ4v) is 4.51. The van der Waals surface area contributed by atoms with Crippen LogP contribution in [-0.2, 0) is 0 Å². The van der Waals surface area contributed by atoms with E-state index in [0.29, 0.717) is 24.0 Å². The van der Waals surface area contributed by atoms with Gasteiger partial charge in [0.15, 0.2) is 0 Å². The molecular weight excluding hydrogens is 469 g/mol. The van der Waals surface area contributed by atoms with Gasteiger partial charge in [0.05, 0.1) is 5.56 Å². The van der Waals surface area contributed by atoms with E-state index in [0.717, 1.165) is 43.2 Å². The summed E-state index contributed by atoms with van der Waals surface area (Å²) in [6.07, 6.45) is -0.731. The van der Waals surface area contributed by atoms with Gasteiger partial charge in [-0.05, 0) is 65.6 Å². The summed E-state index contributed by atoms with van der Waals surface area (Å²) in [5.74, 6) is -0.853. The molecule has 1 fully saturated rings. The fourth-order valence-electron chi connectivity index (χ4n) is 4.51. The van der Waals surface area contributed by atoms with Gasteiger partial charge in [0.1, 0.15) is 23.3 Å². The van der Waals surface area contributed by atoms with Crippen molar-refractivity contribution in [3.8, 4) is 34.1 Å². The Labute approximate surface area is 198 Å². The molecule has 35 heavy (non-hydrogen) atoms. The van der Waals surface area contributed by atoms with Crippen molar-refractivity contribution in [1.29, 1.82) is 0 Å². The van der Waals surface area contributed by atoms with Gasteiger partial charge in [-0.15, -0.1) is 0 Å². The maximum Gasteiger partial charge on any atom is 0.458 e. The first-order chi connectivity index (χ1) is 16.5. The number of alkyl halides is 3. The Morgan fingerprint density at radius 3 is 1.80 bits per heavy atom. The van der Waals surface area contributed by atoms with Crippen LogP contribution in [0.3, 0.4) is 0 Å². The van der Waals surface area contributed by atoms with Crippen molar-refractivity contribution in [1.82, 2.24) is 0 Å². The molecule has 0 nitrogen and oxygen atoms in total. The van der Waals surface area contributed by atoms with Crippen LogP contribution in [0, 0.1) is 41.0 Å². The Balaban J connectivity index is 1.61. The normalized spacial score (nSPS) is 18.2. The van der Waals surface area contributed by atoms with Crippen LogP contribution >= 0.6 is 0 Å². The van der Waals surface area contributed by atoms with Gasteiger partial charge in [0.25, 0.3) is 0 Å². The number of hydrogen-bond donors (Lipinski definition) is 0. The van der Waals surface area contributed by atoms with Crippen LogP contribution in [0.2, 0.25) is 0 Å². The SMILES string of the molecule is CC1CCC(c2ccc(-c3ccc(-c4cc(F)c(C#CC(F)(F)F)c(F)c4)c(F)c3)c(F)c2)CC1.